The number of carbonyl (C=O) groups is 2. The average molecular weight is 498 g/mol. The number of halogens is 1. The number of thioether (sulfide) groups is 1. The van der Waals surface area contributed by atoms with Gasteiger partial charge < -0.3 is 19.7 Å². The summed E-state index contributed by atoms with van der Waals surface area (Å²) in [6, 6.07) is 16.2. The highest BCUT2D eigenvalue weighted by molar-refractivity contribution is 8.16. The van der Waals surface area contributed by atoms with Crippen molar-refractivity contribution in [1.29, 1.82) is 0 Å². The van der Waals surface area contributed by atoms with E-state index in [9.17, 15) is 9.59 Å². The fourth-order valence-electron chi connectivity index (χ4n) is 3.84. The predicted molar refractivity (Wildman–Crippen MR) is 133 cm³/mol. The molecule has 9 heteroatoms. The number of para-hydroxylation sites is 1. The van der Waals surface area contributed by atoms with Crippen LogP contribution in [0.4, 0.5) is 0 Å². The van der Waals surface area contributed by atoms with E-state index < -0.39 is 12.0 Å². The molecule has 1 amide bonds. The molecule has 2 aromatic carbocycles. The highest BCUT2D eigenvalue weighted by atomic mass is 35.5. The third-order valence-electron chi connectivity index (χ3n) is 5.35. The van der Waals surface area contributed by atoms with E-state index in [1.807, 2.05) is 58.8 Å². The molecular formula is C25H24ClN3O4S. The number of esters is 1. The van der Waals surface area contributed by atoms with E-state index in [4.69, 9.17) is 21.1 Å². The van der Waals surface area contributed by atoms with Crippen molar-refractivity contribution >= 4 is 40.4 Å². The molecule has 0 saturated heterocycles. The number of carbonyl (C=O) groups excluding carboxylic acids is 2. The van der Waals surface area contributed by atoms with Crippen LogP contribution in [0.15, 0.2) is 82.0 Å². The Bertz CT molecular complexity index is 1180. The van der Waals surface area contributed by atoms with Crippen molar-refractivity contribution in [3.8, 4) is 5.75 Å². The first-order valence-corrected chi connectivity index (χ1v) is 12.0. The summed E-state index contributed by atoms with van der Waals surface area (Å²) in [4.78, 5) is 32.0. The van der Waals surface area contributed by atoms with Gasteiger partial charge in [0, 0.05) is 10.7 Å². The number of methoxy groups -OCH3 is 1. The lowest BCUT2D eigenvalue weighted by atomic mass is 9.94. The molecule has 0 saturated carbocycles. The second-order valence-electron chi connectivity index (χ2n) is 7.63. The van der Waals surface area contributed by atoms with Crippen molar-refractivity contribution in [2.75, 3.05) is 20.3 Å². The molecule has 1 N–H and O–H groups in total. The topological polar surface area (TPSA) is 80.2 Å². The summed E-state index contributed by atoms with van der Waals surface area (Å²) >= 11 is 7.68. The number of amides is 1. The largest absolute Gasteiger partial charge is 0.492 e. The minimum Gasteiger partial charge on any atom is -0.492 e. The van der Waals surface area contributed by atoms with E-state index in [0.29, 0.717) is 34.6 Å². The number of amidine groups is 1. The summed E-state index contributed by atoms with van der Waals surface area (Å²) in [6.07, 6.45) is 0.127. The van der Waals surface area contributed by atoms with Crippen LogP contribution in [0.2, 0.25) is 5.02 Å². The summed E-state index contributed by atoms with van der Waals surface area (Å²) in [5.41, 5.74) is 2.54. The Morgan fingerprint density at radius 1 is 1.18 bits per heavy atom. The Morgan fingerprint density at radius 2 is 1.97 bits per heavy atom. The van der Waals surface area contributed by atoms with Gasteiger partial charge in [-0.05, 0) is 42.2 Å². The third kappa shape index (κ3) is 5.29. The number of nitrogens with zero attached hydrogens (tertiary/aromatic N) is 2. The molecule has 0 radical (unpaired) electrons. The van der Waals surface area contributed by atoms with Crippen LogP contribution >= 0.6 is 23.4 Å². The van der Waals surface area contributed by atoms with Gasteiger partial charge in [-0.2, -0.15) is 0 Å². The van der Waals surface area contributed by atoms with Gasteiger partial charge in [-0.25, -0.2) is 9.79 Å². The van der Waals surface area contributed by atoms with E-state index in [2.05, 4.69) is 10.3 Å². The van der Waals surface area contributed by atoms with Crippen LogP contribution in [0, 0.1) is 0 Å². The summed E-state index contributed by atoms with van der Waals surface area (Å²) in [5.74, 6) is 0.132. The maximum Gasteiger partial charge on any atom is 0.338 e. The molecule has 0 spiro atoms. The van der Waals surface area contributed by atoms with Gasteiger partial charge in [0.2, 0.25) is 5.91 Å². The van der Waals surface area contributed by atoms with Gasteiger partial charge >= 0.3 is 5.97 Å². The van der Waals surface area contributed by atoms with Crippen LogP contribution in [0.3, 0.4) is 0 Å². The smallest absolute Gasteiger partial charge is 0.338 e. The van der Waals surface area contributed by atoms with Crippen molar-refractivity contribution in [1.82, 2.24) is 10.2 Å². The molecule has 0 fully saturated rings. The maximum atomic E-state index is 12.7. The van der Waals surface area contributed by atoms with Crippen LogP contribution in [0.1, 0.15) is 24.9 Å². The lowest BCUT2D eigenvalue weighted by Gasteiger charge is -2.36. The zero-order chi connectivity index (χ0) is 24.1. The maximum absolute atomic E-state index is 12.7. The minimum atomic E-state index is -0.505. The molecule has 0 bridgehead atoms. The van der Waals surface area contributed by atoms with E-state index in [-0.39, 0.29) is 12.3 Å². The molecule has 7 nitrogen and oxygen atoms in total. The van der Waals surface area contributed by atoms with Gasteiger partial charge in [0.1, 0.15) is 12.4 Å². The van der Waals surface area contributed by atoms with E-state index in [1.165, 1.54) is 18.9 Å². The van der Waals surface area contributed by atoms with Gasteiger partial charge in [-0.3, -0.25) is 4.79 Å². The molecule has 2 heterocycles. The van der Waals surface area contributed by atoms with Crippen LogP contribution in [-0.4, -0.2) is 42.2 Å². The van der Waals surface area contributed by atoms with Gasteiger partial charge in [-0.1, -0.05) is 53.7 Å². The van der Waals surface area contributed by atoms with E-state index >= 15 is 0 Å². The number of hydrogen-bond acceptors (Lipinski definition) is 7. The van der Waals surface area contributed by atoms with Crippen molar-refractivity contribution in [3.05, 3.63) is 87.6 Å². The molecule has 1 atom stereocenters. The average Bonchev–Trinajstić information content (AvgIpc) is 3.22. The number of ether oxygens (including phenoxy) is 2. The van der Waals surface area contributed by atoms with Gasteiger partial charge in [-0.15, -0.1) is 0 Å². The monoisotopic (exact) mass is 497 g/mol. The first-order valence-electron chi connectivity index (χ1n) is 10.7. The van der Waals surface area contributed by atoms with Gasteiger partial charge in [0.15, 0.2) is 5.17 Å². The van der Waals surface area contributed by atoms with E-state index in [1.54, 1.807) is 13.0 Å². The molecule has 4 rings (SSSR count). The normalized spacial score (nSPS) is 17.0. The number of benzene rings is 2. The highest BCUT2D eigenvalue weighted by Crippen LogP contribution is 2.45. The number of allylic oxidation sites excluding steroid dienone is 1. The summed E-state index contributed by atoms with van der Waals surface area (Å²) in [5, 5.41) is 6.03. The molecule has 0 aliphatic carbocycles. The molecule has 0 aromatic heterocycles. The molecule has 2 aliphatic rings. The first kappa shape index (κ1) is 23.9. The Morgan fingerprint density at radius 3 is 2.71 bits per heavy atom. The van der Waals surface area contributed by atoms with Crippen molar-refractivity contribution in [2.45, 2.75) is 19.4 Å². The van der Waals surface area contributed by atoms with Crippen LogP contribution < -0.4 is 10.1 Å². The quantitative estimate of drug-likeness (QED) is 0.421. The second-order valence-corrected chi connectivity index (χ2v) is 8.90. The molecule has 176 valence electrons. The van der Waals surface area contributed by atoms with Gasteiger partial charge in [0.25, 0.3) is 0 Å². The summed E-state index contributed by atoms with van der Waals surface area (Å²) in [7, 11) is 1.34. The third-order valence-corrected chi connectivity index (χ3v) is 6.47. The molecule has 34 heavy (non-hydrogen) atoms. The zero-order valence-electron chi connectivity index (χ0n) is 18.8. The standard InChI is InChI=1S/C25H24ClN3O4S/c1-16-22(24(31)32-2)23(17-7-6-8-18(26)13-17)29-19(15-34-25(29)28-16)14-21(30)27-11-12-33-20-9-4-3-5-10-20/h3-10,13,15,23H,11-12,14H2,1-2H3,(H,27,30). The van der Waals surface area contributed by atoms with Crippen molar-refractivity contribution in [3.63, 3.8) is 0 Å². The fourth-order valence-corrected chi connectivity index (χ4v) is 5.00. The summed E-state index contributed by atoms with van der Waals surface area (Å²) in [6.45, 7) is 2.52. The number of rotatable bonds is 8. The number of aliphatic imine (C=N–C) groups is 1. The molecular weight excluding hydrogens is 474 g/mol. The lowest BCUT2D eigenvalue weighted by molar-refractivity contribution is -0.136. The van der Waals surface area contributed by atoms with Crippen molar-refractivity contribution in [2.24, 2.45) is 4.99 Å². The second kappa shape index (κ2) is 10.8. The lowest BCUT2D eigenvalue weighted by Crippen LogP contribution is -2.38. The first-order chi connectivity index (χ1) is 16.5. The highest BCUT2D eigenvalue weighted by Gasteiger charge is 2.41. The Hall–Kier alpha value is -3.23. The summed E-state index contributed by atoms with van der Waals surface area (Å²) < 4.78 is 10.7. The van der Waals surface area contributed by atoms with E-state index in [0.717, 1.165) is 17.0 Å². The van der Waals surface area contributed by atoms with Gasteiger partial charge in [0.05, 0.1) is 37.4 Å². The Kier molecular flexibility index (Phi) is 7.59. The molecule has 2 aliphatic heterocycles. The molecule has 1 unspecified atom stereocenters. The number of hydrogen-bond donors (Lipinski definition) is 1. The number of nitrogens with one attached hydrogen (secondary N) is 1. The predicted octanol–water partition coefficient (Wildman–Crippen LogP) is 4.67. The minimum absolute atomic E-state index is 0.127. The fraction of sp³-hybridized carbons (Fsp3) is 0.240. The SMILES string of the molecule is COC(=O)C1=C(C)N=C2SC=C(CC(=O)NCCOc3ccccc3)N2C1c1cccc(Cl)c1. The van der Waals surface area contributed by atoms with Crippen molar-refractivity contribution < 1.29 is 19.1 Å². The van der Waals surface area contributed by atoms with Crippen LogP contribution in [-0.2, 0) is 14.3 Å². The molecule has 2 aromatic rings. The Balaban J connectivity index is 1.49. The Labute approximate surface area is 207 Å². The van der Waals surface area contributed by atoms with Crippen LogP contribution in [0.5, 0.6) is 5.75 Å². The number of fused-ring (bicyclic) bond motifs is 1. The zero-order valence-corrected chi connectivity index (χ0v) is 20.4. The van der Waals surface area contributed by atoms with Crippen LogP contribution in [0.25, 0.3) is 0 Å².